The fourth-order valence-corrected chi connectivity index (χ4v) is 1.13. The first kappa shape index (κ1) is 10.3. The van der Waals surface area contributed by atoms with Crippen molar-refractivity contribution in [1.29, 1.82) is 0 Å². The van der Waals surface area contributed by atoms with Crippen molar-refractivity contribution in [2.24, 2.45) is 9.98 Å². The third-order valence-corrected chi connectivity index (χ3v) is 1.75. The van der Waals surface area contributed by atoms with E-state index in [2.05, 4.69) is 20.7 Å². The number of guanidine groups is 1. The van der Waals surface area contributed by atoms with Crippen molar-refractivity contribution < 1.29 is 0 Å². The van der Waals surface area contributed by atoms with Crippen LogP contribution in [0.3, 0.4) is 0 Å². The zero-order valence-electron chi connectivity index (χ0n) is 7.79. The number of aliphatic imine (C=N–C) groups is 2. The van der Waals surface area contributed by atoms with E-state index in [0.717, 1.165) is 13.1 Å². The highest BCUT2D eigenvalue weighted by Gasteiger charge is 2.15. The fourth-order valence-electron chi connectivity index (χ4n) is 0.916. The Kier molecular flexibility index (Phi) is 3.98. The van der Waals surface area contributed by atoms with Crippen LogP contribution in [0.15, 0.2) is 9.98 Å². The SMILES string of the molecule is CCNC1=NC(Cl)N(NCC)C=N1. The molecule has 1 rings (SSSR count). The van der Waals surface area contributed by atoms with Crippen LogP contribution in [0.1, 0.15) is 13.8 Å². The highest BCUT2D eigenvalue weighted by molar-refractivity contribution is 6.21. The van der Waals surface area contributed by atoms with Crippen LogP contribution in [0.2, 0.25) is 0 Å². The van der Waals surface area contributed by atoms with Crippen LogP contribution < -0.4 is 10.7 Å². The van der Waals surface area contributed by atoms with Crippen molar-refractivity contribution in [3.63, 3.8) is 0 Å². The van der Waals surface area contributed by atoms with E-state index in [9.17, 15) is 0 Å². The molecule has 2 N–H and O–H groups in total. The second-order valence-corrected chi connectivity index (χ2v) is 2.85. The minimum absolute atomic E-state index is 0.425. The van der Waals surface area contributed by atoms with E-state index in [-0.39, 0.29) is 0 Å². The van der Waals surface area contributed by atoms with E-state index < -0.39 is 5.62 Å². The summed E-state index contributed by atoms with van der Waals surface area (Å²) in [6.45, 7) is 5.56. The molecule has 0 aromatic rings. The van der Waals surface area contributed by atoms with Crippen LogP contribution in [-0.4, -0.2) is 36.0 Å². The molecule has 0 saturated heterocycles. The number of hydrogen-bond donors (Lipinski definition) is 2. The van der Waals surface area contributed by atoms with Crippen molar-refractivity contribution in [2.45, 2.75) is 19.5 Å². The molecule has 0 saturated carbocycles. The molecule has 0 aromatic heterocycles. The standard InChI is InChI=1S/C7H14ClN5/c1-3-9-7-10-5-13(11-4-2)6(8)12-7/h5-6,11H,3-4H2,1-2H3,(H,9,12). The molecular formula is C7H14ClN5. The van der Waals surface area contributed by atoms with Gasteiger partial charge >= 0.3 is 0 Å². The number of hydrogen-bond acceptors (Lipinski definition) is 5. The molecule has 0 aromatic carbocycles. The largest absolute Gasteiger partial charge is 0.355 e. The third kappa shape index (κ3) is 2.86. The first-order valence-corrected chi connectivity index (χ1v) is 4.73. The zero-order valence-corrected chi connectivity index (χ0v) is 8.54. The first-order chi connectivity index (χ1) is 6.27. The van der Waals surface area contributed by atoms with Crippen molar-refractivity contribution in [3.05, 3.63) is 0 Å². The molecule has 1 aliphatic heterocycles. The zero-order chi connectivity index (χ0) is 9.68. The summed E-state index contributed by atoms with van der Waals surface area (Å²) in [5.74, 6) is 0.580. The Balaban J connectivity index is 2.51. The quantitative estimate of drug-likeness (QED) is 0.514. The molecule has 0 fully saturated rings. The van der Waals surface area contributed by atoms with Gasteiger partial charge in [-0.25, -0.2) is 15.4 Å². The molecule has 1 heterocycles. The van der Waals surface area contributed by atoms with Gasteiger partial charge in [-0.1, -0.05) is 18.5 Å². The van der Waals surface area contributed by atoms with E-state index in [4.69, 9.17) is 11.6 Å². The Bertz CT molecular complexity index is 215. The van der Waals surface area contributed by atoms with Crippen LogP contribution >= 0.6 is 11.6 Å². The normalized spacial score (nSPS) is 21.6. The van der Waals surface area contributed by atoms with Crippen LogP contribution in [0.25, 0.3) is 0 Å². The first-order valence-electron chi connectivity index (χ1n) is 4.29. The van der Waals surface area contributed by atoms with Gasteiger partial charge in [-0.15, -0.1) is 0 Å². The van der Waals surface area contributed by atoms with E-state index in [1.807, 2.05) is 13.8 Å². The van der Waals surface area contributed by atoms with Gasteiger partial charge < -0.3 is 5.32 Å². The lowest BCUT2D eigenvalue weighted by Gasteiger charge is -2.25. The molecular weight excluding hydrogens is 190 g/mol. The highest BCUT2D eigenvalue weighted by Crippen LogP contribution is 2.05. The average molecular weight is 204 g/mol. The lowest BCUT2D eigenvalue weighted by atomic mass is 10.7. The number of hydrazine groups is 1. The molecule has 74 valence electrons. The Morgan fingerprint density at radius 3 is 2.85 bits per heavy atom. The number of alkyl halides is 1. The van der Waals surface area contributed by atoms with Gasteiger partial charge in [0.25, 0.3) is 0 Å². The molecule has 0 bridgehead atoms. The van der Waals surface area contributed by atoms with Gasteiger partial charge in [-0.3, -0.25) is 5.01 Å². The minimum atomic E-state index is -0.425. The van der Waals surface area contributed by atoms with E-state index in [0.29, 0.717) is 5.96 Å². The van der Waals surface area contributed by atoms with E-state index >= 15 is 0 Å². The van der Waals surface area contributed by atoms with Gasteiger partial charge in [0.15, 0.2) is 0 Å². The third-order valence-electron chi connectivity index (χ3n) is 1.44. The van der Waals surface area contributed by atoms with Gasteiger partial charge in [-0.05, 0) is 6.92 Å². The van der Waals surface area contributed by atoms with Gasteiger partial charge in [-0.2, -0.15) is 0 Å². The summed E-state index contributed by atoms with van der Waals surface area (Å²) in [5, 5.41) is 4.65. The monoisotopic (exact) mass is 203 g/mol. The second-order valence-electron chi connectivity index (χ2n) is 2.46. The highest BCUT2D eigenvalue weighted by atomic mass is 35.5. The summed E-state index contributed by atoms with van der Waals surface area (Å²) in [6.07, 6.45) is 1.63. The molecule has 13 heavy (non-hydrogen) atoms. The van der Waals surface area contributed by atoms with Crippen molar-refractivity contribution in [3.8, 4) is 0 Å². The van der Waals surface area contributed by atoms with E-state index in [1.165, 1.54) is 0 Å². The molecule has 1 atom stereocenters. The lowest BCUT2D eigenvalue weighted by molar-refractivity contribution is 0.303. The van der Waals surface area contributed by atoms with Gasteiger partial charge in [0, 0.05) is 13.1 Å². The van der Waals surface area contributed by atoms with Crippen LogP contribution in [0, 0.1) is 0 Å². The second kappa shape index (κ2) is 5.04. The number of nitrogens with one attached hydrogen (secondary N) is 2. The van der Waals surface area contributed by atoms with Crippen molar-refractivity contribution in [2.75, 3.05) is 13.1 Å². The van der Waals surface area contributed by atoms with Gasteiger partial charge in [0.05, 0.1) is 0 Å². The average Bonchev–Trinajstić information content (AvgIpc) is 2.10. The summed E-state index contributed by atoms with van der Waals surface area (Å²) >= 11 is 5.94. The summed E-state index contributed by atoms with van der Waals surface area (Å²) in [7, 11) is 0. The fraction of sp³-hybridized carbons (Fsp3) is 0.714. The predicted octanol–water partition coefficient (Wildman–Crippen LogP) is 0.343. The minimum Gasteiger partial charge on any atom is -0.355 e. The lowest BCUT2D eigenvalue weighted by Crippen LogP contribution is -2.45. The Morgan fingerprint density at radius 1 is 1.54 bits per heavy atom. The molecule has 0 aliphatic carbocycles. The molecule has 1 unspecified atom stereocenters. The predicted molar refractivity (Wildman–Crippen MR) is 54.8 cm³/mol. The Morgan fingerprint density at radius 2 is 2.31 bits per heavy atom. The molecule has 0 radical (unpaired) electrons. The van der Waals surface area contributed by atoms with E-state index in [1.54, 1.807) is 11.3 Å². The summed E-state index contributed by atoms with van der Waals surface area (Å²) in [4.78, 5) is 8.17. The maximum Gasteiger partial charge on any atom is 0.222 e. The van der Waals surface area contributed by atoms with Crippen molar-refractivity contribution >= 4 is 23.9 Å². The van der Waals surface area contributed by atoms with Crippen LogP contribution in [0.4, 0.5) is 0 Å². The maximum atomic E-state index is 5.94. The van der Waals surface area contributed by atoms with Crippen LogP contribution in [0.5, 0.6) is 0 Å². The topological polar surface area (TPSA) is 52.0 Å². The molecule has 5 nitrogen and oxygen atoms in total. The number of rotatable bonds is 3. The maximum absolute atomic E-state index is 5.94. The summed E-state index contributed by atoms with van der Waals surface area (Å²) < 4.78 is 0. The molecule has 0 amide bonds. The number of nitrogens with zero attached hydrogens (tertiary/aromatic N) is 3. The summed E-state index contributed by atoms with van der Waals surface area (Å²) in [6, 6.07) is 0. The molecule has 6 heteroatoms. The van der Waals surface area contributed by atoms with Gasteiger partial charge in [0.1, 0.15) is 6.34 Å². The Labute approximate surface area is 82.8 Å². The van der Waals surface area contributed by atoms with Crippen molar-refractivity contribution in [1.82, 2.24) is 15.8 Å². The number of halogens is 1. The Hall–Kier alpha value is -0.810. The molecule has 0 spiro atoms. The summed E-state index contributed by atoms with van der Waals surface area (Å²) in [5.41, 5.74) is 2.59. The van der Waals surface area contributed by atoms with Crippen LogP contribution in [-0.2, 0) is 0 Å². The van der Waals surface area contributed by atoms with Gasteiger partial charge in [0.2, 0.25) is 11.6 Å². The molecule has 1 aliphatic rings. The smallest absolute Gasteiger partial charge is 0.222 e.